The molecule has 0 aromatic rings. The first-order valence-corrected chi connectivity index (χ1v) is 6.17. The van der Waals surface area contributed by atoms with Crippen LogP contribution in [-0.2, 0) is 9.59 Å². The first kappa shape index (κ1) is 16.1. The van der Waals surface area contributed by atoms with Gasteiger partial charge in [0.2, 0.25) is 5.91 Å². The Bertz CT molecular complexity index is 232. The molecule has 17 heavy (non-hydrogen) atoms. The van der Waals surface area contributed by atoms with Crippen LogP contribution >= 0.6 is 0 Å². The van der Waals surface area contributed by atoms with E-state index in [9.17, 15) is 9.59 Å². The maximum absolute atomic E-state index is 11.2. The van der Waals surface area contributed by atoms with Crippen LogP contribution in [-0.4, -0.2) is 43.0 Å². The molecule has 3 N–H and O–H groups in total. The summed E-state index contributed by atoms with van der Waals surface area (Å²) in [5.41, 5.74) is 0. The van der Waals surface area contributed by atoms with Crippen molar-refractivity contribution in [3.05, 3.63) is 0 Å². The number of hydrogen-bond donors (Lipinski definition) is 3. The summed E-state index contributed by atoms with van der Waals surface area (Å²) in [7, 11) is 1.78. The quantitative estimate of drug-likeness (QED) is 0.480. The van der Waals surface area contributed by atoms with Crippen molar-refractivity contribution in [3.8, 4) is 0 Å². The maximum Gasteiger partial charge on any atom is 0.220 e. The highest BCUT2D eigenvalue weighted by atomic mass is 16.3. The van der Waals surface area contributed by atoms with Gasteiger partial charge in [-0.2, -0.15) is 0 Å². The number of aliphatic hydroxyl groups excluding tert-OH is 1. The Balaban J connectivity index is 3.45. The molecule has 5 nitrogen and oxygen atoms in total. The Morgan fingerprint density at radius 3 is 2.47 bits per heavy atom. The van der Waals surface area contributed by atoms with E-state index in [0.717, 1.165) is 19.3 Å². The third-order valence-corrected chi connectivity index (χ3v) is 2.64. The lowest BCUT2D eigenvalue weighted by Crippen LogP contribution is -2.32. The molecule has 0 heterocycles. The zero-order valence-corrected chi connectivity index (χ0v) is 10.8. The van der Waals surface area contributed by atoms with Crippen LogP contribution in [0.25, 0.3) is 0 Å². The Morgan fingerprint density at radius 1 is 1.24 bits per heavy atom. The first-order chi connectivity index (χ1) is 8.11. The van der Waals surface area contributed by atoms with E-state index in [4.69, 9.17) is 5.11 Å². The molecular formula is C12H24N2O3. The molecule has 0 aliphatic rings. The lowest BCUT2D eigenvalue weighted by Gasteiger charge is -2.12. The number of amides is 1. The normalized spacial score (nSPS) is 12.2. The first-order valence-electron chi connectivity index (χ1n) is 6.17. The molecule has 0 saturated carbocycles. The van der Waals surface area contributed by atoms with Crippen LogP contribution in [0.1, 0.15) is 39.0 Å². The Morgan fingerprint density at radius 2 is 1.94 bits per heavy atom. The van der Waals surface area contributed by atoms with Crippen LogP contribution in [0.4, 0.5) is 0 Å². The van der Waals surface area contributed by atoms with E-state index in [1.807, 2.05) is 0 Å². The Hall–Kier alpha value is -0.940. The standard InChI is InChI=1S/C12H24N2O3/c1-10(16)11(13-2)6-3-4-8-14-12(17)7-5-9-15/h11,13,15H,3-9H2,1-2H3,(H,14,17). The van der Waals surface area contributed by atoms with E-state index < -0.39 is 0 Å². The minimum atomic E-state index is -0.0694. The highest BCUT2D eigenvalue weighted by Crippen LogP contribution is 2.01. The minimum absolute atomic E-state index is 0.0178. The van der Waals surface area contributed by atoms with E-state index in [-0.39, 0.29) is 24.3 Å². The monoisotopic (exact) mass is 244 g/mol. The molecule has 0 aliphatic heterocycles. The van der Waals surface area contributed by atoms with Crippen molar-refractivity contribution in [3.63, 3.8) is 0 Å². The van der Waals surface area contributed by atoms with Gasteiger partial charge in [-0.15, -0.1) is 0 Å². The van der Waals surface area contributed by atoms with Gasteiger partial charge in [-0.25, -0.2) is 0 Å². The third kappa shape index (κ3) is 8.83. The van der Waals surface area contributed by atoms with Gasteiger partial charge in [-0.05, 0) is 39.7 Å². The van der Waals surface area contributed by atoms with Crippen LogP contribution in [0.3, 0.4) is 0 Å². The Kier molecular flexibility index (Phi) is 9.66. The van der Waals surface area contributed by atoms with Crippen molar-refractivity contribution < 1.29 is 14.7 Å². The van der Waals surface area contributed by atoms with Gasteiger partial charge in [-0.3, -0.25) is 9.59 Å². The Labute approximate surface area is 103 Å². The molecule has 1 unspecified atom stereocenters. The van der Waals surface area contributed by atoms with Gasteiger partial charge in [0.05, 0.1) is 6.04 Å². The summed E-state index contributed by atoms with van der Waals surface area (Å²) in [6.45, 7) is 2.27. The van der Waals surface area contributed by atoms with Gasteiger partial charge in [0.15, 0.2) is 0 Å². The number of carbonyl (C=O) groups is 2. The second-order valence-electron chi connectivity index (χ2n) is 4.12. The molecular weight excluding hydrogens is 220 g/mol. The summed E-state index contributed by atoms with van der Waals surface area (Å²) in [5, 5.41) is 14.3. The highest BCUT2D eigenvalue weighted by molar-refractivity contribution is 5.81. The fourth-order valence-electron chi connectivity index (χ4n) is 1.58. The molecule has 0 fully saturated rings. The van der Waals surface area contributed by atoms with Crippen molar-refractivity contribution in [1.29, 1.82) is 0 Å². The van der Waals surface area contributed by atoms with E-state index >= 15 is 0 Å². The largest absolute Gasteiger partial charge is 0.396 e. The molecule has 1 amide bonds. The second kappa shape index (κ2) is 10.2. The average molecular weight is 244 g/mol. The number of carbonyl (C=O) groups excluding carboxylic acids is 2. The molecule has 5 heteroatoms. The van der Waals surface area contributed by atoms with Crippen LogP contribution in [0.5, 0.6) is 0 Å². The van der Waals surface area contributed by atoms with Crippen molar-refractivity contribution in [2.45, 2.75) is 45.1 Å². The molecule has 1 atom stereocenters. The van der Waals surface area contributed by atoms with E-state index in [0.29, 0.717) is 19.4 Å². The zero-order valence-electron chi connectivity index (χ0n) is 10.8. The van der Waals surface area contributed by atoms with Crippen molar-refractivity contribution in [1.82, 2.24) is 10.6 Å². The number of ketones is 1. The lowest BCUT2D eigenvalue weighted by molar-refractivity contribution is -0.121. The van der Waals surface area contributed by atoms with Crippen LogP contribution < -0.4 is 10.6 Å². The summed E-state index contributed by atoms with van der Waals surface area (Å²) in [5.74, 6) is 0.135. The summed E-state index contributed by atoms with van der Waals surface area (Å²) >= 11 is 0. The summed E-state index contributed by atoms with van der Waals surface area (Å²) in [6.07, 6.45) is 3.47. The van der Waals surface area contributed by atoms with Crippen molar-refractivity contribution >= 4 is 11.7 Å². The maximum atomic E-state index is 11.2. The van der Waals surface area contributed by atoms with Gasteiger partial charge in [0.1, 0.15) is 5.78 Å². The SMILES string of the molecule is CNC(CCCCNC(=O)CCCO)C(C)=O. The molecule has 0 saturated heterocycles. The van der Waals surface area contributed by atoms with Crippen molar-refractivity contribution in [2.75, 3.05) is 20.2 Å². The molecule has 0 rings (SSSR count). The molecule has 0 aliphatic carbocycles. The number of unbranched alkanes of at least 4 members (excludes halogenated alkanes) is 1. The number of hydrogen-bond acceptors (Lipinski definition) is 4. The van der Waals surface area contributed by atoms with Gasteiger partial charge < -0.3 is 15.7 Å². The number of nitrogens with one attached hydrogen (secondary N) is 2. The smallest absolute Gasteiger partial charge is 0.220 e. The van der Waals surface area contributed by atoms with E-state index in [2.05, 4.69) is 10.6 Å². The van der Waals surface area contributed by atoms with Gasteiger partial charge >= 0.3 is 0 Å². The average Bonchev–Trinajstić information content (AvgIpc) is 2.30. The number of aliphatic hydroxyl groups is 1. The topological polar surface area (TPSA) is 78.4 Å². The van der Waals surface area contributed by atoms with E-state index in [1.165, 1.54) is 0 Å². The molecule has 0 aromatic heterocycles. The molecule has 0 bridgehead atoms. The predicted molar refractivity (Wildman–Crippen MR) is 66.7 cm³/mol. The predicted octanol–water partition coefficient (Wildman–Crippen LogP) is 0.222. The fraction of sp³-hybridized carbons (Fsp3) is 0.833. The van der Waals surface area contributed by atoms with Crippen LogP contribution in [0.2, 0.25) is 0 Å². The summed E-state index contributed by atoms with van der Waals surface area (Å²) < 4.78 is 0. The summed E-state index contributed by atoms with van der Waals surface area (Å²) in [4.78, 5) is 22.3. The molecule has 0 spiro atoms. The zero-order chi connectivity index (χ0) is 13.1. The lowest BCUT2D eigenvalue weighted by atomic mass is 10.1. The highest BCUT2D eigenvalue weighted by Gasteiger charge is 2.10. The number of Topliss-reactive ketones (excluding diaryl/α,β-unsaturated/α-hetero) is 1. The number of likely N-dealkylation sites (N-methyl/N-ethyl adjacent to an activating group) is 1. The summed E-state index contributed by atoms with van der Waals surface area (Å²) in [6, 6.07) is -0.0694. The van der Waals surface area contributed by atoms with Gasteiger partial charge in [-0.1, -0.05) is 0 Å². The number of rotatable bonds is 10. The van der Waals surface area contributed by atoms with Gasteiger partial charge in [0, 0.05) is 19.6 Å². The second-order valence-corrected chi connectivity index (χ2v) is 4.12. The van der Waals surface area contributed by atoms with Crippen LogP contribution in [0.15, 0.2) is 0 Å². The minimum Gasteiger partial charge on any atom is -0.396 e. The van der Waals surface area contributed by atoms with Crippen molar-refractivity contribution in [2.24, 2.45) is 0 Å². The fourth-order valence-corrected chi connectivity index (χ4v) is 1.58. The molecule has 0 radical (unpaired) electrons. The van der Waals surface area contributed by atoms with Gasteiger partial charge in [0.25, 0.3) is 0 Å². The van der Waals surface area contributed by atoms with Crippen LogP contribution in [0, 0.1) is 0 Å². The molecule has 100 valence electrons. The third-order valence-electron chi connectivity index (χ3n) is 2.64. The molecule has 0 aromatic carbocycles. The van der Waals surface area contributed by atoms with E-state index in [1.54, 1.807) is 14.0 Å².